The minimum absolute atomic E-state index is 0.265. The summed E-state index contributed by atoms with van der Waals surface area (Å²) < 4.78 is 0. The van der Waals surface area contributed by atoms with Crippen LogP contribution in [0.25, 0.3) is 0 Å². The van der Waals surface area contributed by atoms with Gasteiger partial charge in [-0.05, 0) is 32.4 Å². The topological polar surface area (TPSA) is 37.8 Å². The highest BCUT2D eigenvalue weighted by Crippen LogP contribution is 2.16. The molecule has 1 N–H and O–H groups in total. The zero-order chi connectivity index (χ0) is 12.3. The summed E-state index contributed by atoms with van der Waals surface area (Å²) in [6.07, 6.45) is 1.83. The third-order valence-electron chi connectivity index (χ3n) is 2.77. The fourth-order valence-corrected chi connectivity index (χ4v) is 2.34. The Morgan fingerprint density at radius 1 is 1.41 bits per heavy atom. The van der Waals surface area contributed by atoms with Gasteiger partial charge in [0, 0.05) is 24.2 Å². The van der Waals surface area contributed by atoms with Gasteiger partial charge in [-0.15, -0.1) is 11.3 Å². The Morgan fingerprint density at radius 2 is 2.24 bits per heavy atom. The Hall–Kier alpha value is -1.26. The van der Waals surface area contributed by atoms with E-state index in [2.05, 4.69) is 40.6 Å². The number of hydrogen-bond donors (Lipinski definition) is 1. The molecule has 17 heavy (non-hydrogen) atoms. The lowest BCUT2D eigenvalue weighted by molar-refractivity contribution is 0.555. The SMILES string of the molecule is Cc1nc(C(C)NCc2ncccc2C)cs1. The first-order valence-corrected chi connectivity index (χ1v) is 6.60. The first-order chi connectivity index (χ1) is 8.16. The van der Waals surface area contributed by atoms with Crippen LogP contribution in [0.2, 0.25) is 0 Å². The van der Waals surface area contributed by atoms with Crippen molar-refractivity contribution in [3.8, 4) is 0 Å². The molecule has 0 saturated carbocycles. The molecule has 0 saturated heterocycles. The number of nitrogens with one attached hydrogen (secondary N) is 1. The van der Waals surface area contributed by atoms with E-state index in [1.165, 1.54) is 5.56 Å². The van der Waals surface area contributed by atoms with Crippen molar-refractivity contribution in [3.63, 3.8) is 0 Å². The summed E-state index contributed by atoms with van der Waals surface area (Å²) in [5, 5.41) is 6.67. The van der Waals surface area contributed by atoms with Gasteiger partial charge in [-0.25, -0.2) is 4.98 Å². The van der Waals surface area contributed by atoms with Crippen molar-refractivity contribution in [3.05, 3.63) is 45.7 Å². The predicted molar refractivity (Wildman–Crippen MR) is 71.1 cm³/mol. The number of thiazole rings is 1. The standard InChI is InChI=1S/C13H17N3S/c1-9-5-4-6-14-12(9)7-15-10(2)13-8-17-11(3)16-13/h4-6,8,10,15H,7H2,1-3H3. The van der Waals surface area contributed by atoms with Crippen LogP contribution in [0.4, 0.5) is 0 Å². The van der Waals surface area contributed by atoms with E-state index in [4.69, 9.17) is 0 Å². The molecule has 0 aromatic carbocycles. The van der Waals surface area contributed by atoms with Crippen molar-refractivity contribution in [2.75, 3.05) is 0 Å². The van der Waals surface area contributed by atoms with Crippen molar-refractivity contribution < 1.29 is 0 Å². The van der Waals surface area contributed by atoms with E-state index >= 15 is 0 Å². The van der Waals surface area contributed by atoms with E-state index in [9.17, 15) is 0 Å². The molecule has 90 valence electrons. The Kier molecular flexibility index (Phi) is 3.86. The van der Waals surface area contributed by atoms with Gasteiger partial charge in [0.1, 0.15) is 0 Å². The number of aromatic nitrogens is 2. The zero-order valence-electron chi connectivity index (χ0n) is 10.4. The first-order valence-electron chi connectivity index (χ1n) is 5.72. The second-order valence-corrected chi connectivity index (χ2v) is 5.22. The van der Waals surface area contributed by atoms with Crippen LogP contribution in [0.3, 0.4) is 0 Å². The molecule has 1 unspecified atom stereocenters. The van der Waals surface area contributed by atoms with E-state index < -0.39 is 0 Å². The van der Waals surface area contributed by atoms with Crippen LogP contribution >= 0.6 is 11.3 Å². The smallest absolute Gasteiger partial charge is 0.0898 e. The average Bonchev–Trinajstić information content (AvgIpc) is 2.74. The lowest BCUT2D eigenvalue weighted by Gasteiger charge is -2.12. The zero-order valence-corrected chi connectivity index (χ0v) is 11.2. The van der Waals surface area contributed by atoms with E-state index in [1.807, 2.05) is 19.2 Å². The minimum atomic E-state index is 0.265. The van der Waals surface area contributed by atoms with E-state index in [1.54, 1.807) is 11.3 Å². The molecule has 0 aliphatic heterocycles. The minimum Gasteiger partial charge on any atom is -0.303 e. The van der Waals surface area contributed by atoms with Gasteiger partial charge in [0.2, 0.25) is 0 Å². The fourth-order valence-electron chi connectivity index (χ4n) is 1.64. The number of nitrogens with zero attached hydrogens (tertiary/aromatic N) is 2. The molecule has 2 heterocycles. The van der Waals surface area contributed by atoms with Crippen molar-refractivity contribution in [1.29, 1.82) is 0 Å². The lowest BCUT2D eigenvalue weighted by atomic mass is 10.2. The number of pyridine rings is 1. The monoisotopic (exact) mass is 247 g/mol. The van der Waals surface area contributed by atoms with Crippen LogP contribution in [0.5, 0.6) is 0 Å². The van der Waals surface area contributed by atoms with Gasteiger partial charge in [0.25, 0.3) is 0 Å². The molecule has 4 heteroatoms. The lowest BCUT2D eigenvalue weighted by Crippen LogP contribution is -2.19. The van der Waals surface area contributed by atoms with Crippen LogP contribution in [-0.2, 0) is 6.54 Å². The van der Waals surface area contributed by atoms with Crippen LogP contribution in [0, 0.1) is 13.8 Å². The van der Waals surface area contributed by atoms with Gasteiger partial charge in [0.15, 0.2) is 0 Å². The average molecular weight is 247 g/mol. The highest BCUT2D eigenvalue weighted by molar-refractivity contribution is 7.09. The first kappa shape index (κ1) is 12.2. The number of aryl methyl sites for hydroxylation is 2. The normalized spacial score (nSPS) is 12.6. The maximum Gasteiger partial charge on any atom is 0.0898 e. The maximum absolute atomic E-state index is 4.48. The Labute approximate surface area is 106 Å². The van der Waals surface area contributed by atoms with Crippen molar-refractivity contribution in [2.24, 2.45) is 0 Å². The quantitative estimate of drug-likeness (QED) is 0.902. The van der Waals surface area contributed by atoms with Crippen molar-refractivity contribution in [2.45, 2.75) is 33.4 Å². The van der Waals surface area contributed by atoms with Crippen LogP contribution < -0.4 is 5.32 Å². The summed E-state index contributed by atoms with van der Waals surface area (Å²) in [5.41, 5.74) is 3.44. The van der Waals surface area contributed by atoms with Crippen LogP contribution in [-0.4, -0.2) is 9.97 Å². The molecule has 2 aromatic rings. The molecule has 1 atom stereocenters. The molecule has 2 rings (SSSR count). The molecular weight excluding hydrogens is 230 g/mol. The second kappa shape index (κ2) is 5.38. The van der Waals surface area contributed by atoms with E-state index in [-0.39, 0.29) is 6.04 Å². The molecular formula is C13H17N3S. The molecule has 0 amide bonds. The van der Waals surface area contributed by atoms with Crippen LogP contribution in [0.15, 0.2) is 23.7 Å². The van der Waals surface area contributed by atoms with E-state index in [0.717, 1.165) is 22.9 Å². The van der Waals surface area contributed by atoms with Gasteiger partial charge in [-0.3, -0.25) is 4.98 Å². The third kappa shape index (κ3) is 3.11. The fraction of sp³-hybridized carbons (Fsp3) is 0.385. The summed E-state index contributed by atoms with van der Waals surface area (Å²) in [4.78, 5) is 8.85. The Balaban J connectivity index is 1.97. The second-order valence-electron chi connectivity index (χ2n) is 4.16. The summed E-state index contributed by atoms with van der Waals surface area (Å²) in [6, 6.07) is 4.31. The highest BCUT2D eigenvalue weighted by atomic mass is 32.1. The van der Waals surface area contributed by atoms with Gasteiger partial charge < -0.3 is 5.32 Å². The molecule has 0 aliphatic carbocycles. The summed E-state index contributed by atoms with van der Waals surface area (Å²) in [5.74, 6) is 0. The molecule has 2 aromatic heterocycles. The van der Waals surface area contributed by atoms with Crippen molar-refractivity contribution >= 4 is 11.3 Å². The molecule has 3 nitrogen and oxygen atoms in total. The van der Waals surface area contributed by atoms with Gasteiger partial charge in [-0.1, -0.05) is 6.07 Å². The highest BCUT2D eigenvalue weighted by Gasteiger charge is 2.09. The molecule has 0 bridgehead atoms. The maximum atomic E-state index is 4.48. The molecule has 0 fully saturated rings. The number of rotatable bonds is 4. The summed E-state index contributed by atoms with van der Waals surface area (Å²) in [7, 11) is 0. The van der Waals surface area contributed by atoms with Crippen LogP contribution in [0.1, 0.15) is 34.9 Å². The van der Waals surface area contributed by atoms with Gasteiger partial charge in [-0.2, -0.15) is 0 Å². The molecule has 0 radical (unpaired) electrons. The molecule has 0 aliphatic rings. The van der Waals surface area contributed by atoms with Gasteiger partial charge >= 0.3 is 0 Å². The summed E-state index contributed by atoms with van der Waals surface area (Å²) in [6.45, 7) is 7.03. The molecule has 0 spiro atoms. The number of hydrogen-bond acceptors (Lipinski definition) is 4. The van der Waals surface area contributed by atoms with Crippen molar-refractivity contribution in [1.82, 2.24) is 15.3 Å². The predicted octanol–water partition coefficient (Wildman–Crippen LogP) is 3.01. The third-order valence-corrected chi connectivity index (χ3v) is 3.57. The van der Waals surface area contributed by atoms with Gasteiger partial charge in [0.05, 0.1) is 16.4 Å². The summed E-state index contributed by atoms with van der Waals surface area (Å²) >= 11 is 1.69. The Bertz CT molecular complexity index is 493. The largest absolute Gasteiger partial charge is 0.303 e. The Morgan fingerprint density at radius 3 is 2.88 bits per heavy atom. The van der Waals surface area contributed by atoms with E-state index in [0.29, 0.717) is 0 Å².